The minimum atomic E-state index is -0.587. The van der Waals surface area contributed by atoms with Crippen molar-refractivity contribution in [2.75, 3.05) is 18.8 Å². The zero-order valence-corrected chi connectivity index (χ0v) is 9.54. The lowest BCUT2D eigenvalue weighted by atomic mass is 10.3. The van der Waals surface area contributed by atoms with E-state index in [9.17, 15) is 14.7 Å². The number of nitrogens with zero attached hydrogens (tertiary/aromatic N) is 1. The Hall–Kier alpha value is -0.750. The molecule has 1 rings (SSSR count). The van der Waals surface area contributed by atoms with Crippen molar-refractivity contribution in [3.8, 4) is 0 Å². The number of aliphatic hydroxyl groups is 1. The van der Waals surface area contributed by atoms with Gasteiger partial charge in [-0.1, -0.05) is 0 Å². The van der Waals surface area contributed by atoms with E-state index < -0.39 is 12.1 Å². The second-order valence-electron chi connectivity index (χ2n) is 3.66. The minimum Gasteiger partial charge on any atom is -0.391 e. The predicted octanol–water partition coefficient (Wildman–Crippen LogP) is -0.986. The second-order valence-corrected chi connectivity index (χ2v) is 4.03. The molecule has 0 radical (unpaired) electrons. The van der Waals surface area contributed by atoms with Crippen LogP contribution in [0, 0.1) is 0 Å². The molecule has 1 heterocycles. The van der Waals surface area contributed by atoms with Crippen LogP contribution in [0.1, 0.15) is 13.3 Å². The van der Waals surface area contributed by atoms with E-state index in [0.29, 0.717) is 19.5 Å². The van der Waals surface area contributed by atoms with Gasteiger partial charge in [0.25, 0.3) is 0 Å². The van der Waals surface area contributed by atoms with Gasteiger partial charge in [0.2, 0.25) is 11.8 Å². The van der Waals surface area contributed by atoms with E-state index in [2.05, 4.69) is 17.9 Å². The summed E-state index contributed by atoms with van der Waals surface area (Å²) in [6.45, 7) is 2.26. The van der Waals surface area contributed by atoms with Gasteiger partial charge >= 0.3 is 0 Å². The number of aliphatic hydroxyl groups excluding tert-OH is 1. The largest absolute Gasteiger partial charge is 0.391 e. The fourth-order valence-corrected chi connectivity index (χ4v) is 1.84. The summed E-state index contributed by atoms with van der Waals surface area (Å²) in [5.74, 6) is -0.149. The zero-order chi connectivity index (χ0) is 11.4. The maximum absolute atomic E-state index is 11.8. The quantitative estimate of drug-likeness (QED) is 0.547. The van der Waals surface area contributed by atoms with Crippen molar-refractivity contribution in [1.82, 2.24) is 10.2 Å². The van der Waals surface area contributed by atoms with Crippen molar-refractivity contribution >= 4 is 24.4 Å². The minimum absolute atomic E-state index is 0.170. The molecule has 2 atom stereocenters. The van der Waals surface area contributed by atoms with Crippen LogP contribution in [0.25, 0.3) is 0 Å². The van der Waals surface area contributed by atoms with Gasteiger partial charge in [0.15, 0.2) is 0 Å². The normalized spacial score (nSPS) is 22.6. The maximum Gasteiger partial charge on any atom is 0.246 e. The van der Waals surface area contributed by atoms with Crippen LogP contribution in [0.5, 0.6) is 0 Å². The molecule has 86 valence electrons. The average Bonchev–Trinajstić information content (AvgIpc) is 2.60. The molecule has 1 aliphatic heterocycles. The summed E-state index contributed by atoms with van der Waals surface area (Å²) in [5, 5.41) is 11.8. The van der Waals surface area contributed by atoms with Gasteiger partial charge < -0.3 is 15.3 Å². The van der Waals surface area contributed by atoms with Crippen molar-refractivity contribution in [2.24, 2.45) is 0 Å². The molecule has 1 aliphatic rings. The third-order valence-electron chi connectivity index (χ3n) is 2.33. The van der Waals surface area contributed by atoms with Crippen LogP contribution in [0.2, 0.25) is 0 Å². The predicted molar refractivity (Wildman–Crippen MR) is 58.7 cm³/mol. The standard InChI is InChI=1S/C9H16N2O3S/c1-6(12)10-8(5-15)9(14)11-3-2-7(13)4-11/h7-8,13,15H,2-5H2,1H3,(H,10,12). The van der Waals surface area contributed by atoms with E-state index in [1.54, 1.807) is 4.90 Å². The van der Waals surface area contributed by atoms with E-state index in [4.69, 9.17) is 0 Å². The third kappa shape index (κ3) is 3.39. The monoisotopic (exact) mass is 232 g/mol. The van der Waals surface area contributed by atoms with Gasteiger partial charge in [-0.2, -0.15) is 12.6 Å². The fourth-order valence-electron chi connectivity index (χ4n) is 1.59. The first kappa shape index (κ1) is 12.3. The molecule has 0 aliphatic carbocycles. The molecule has 0 aromatic rings. The molecular weight excluding hydrogens is 216 g/mol. The molecule has 1 fully saturated rings. The summed E-state index contributed by atoms with van der Waals surface area (Å²) in [6, 6.07) is -0.587. The SMILES string of the molecule is CC(=O)NC(CS)C(=O)N1CCC(O)C1. The summed E-state index contributed by atoms with van der Waals surface area (Å²) >= 11 is 4.02. The highest BCUT2D eigenvalue weighted by molar-refractivity contribution is 7.80. The van der Waals surface area contributed by atoms with Crippen molar-refractivity contribution in [1.29, 1.82) is 0 Å². The van der Waals surface area contributed by atoms with Crippen LogP contribution >= 0.6 is 12.6 Å². The van der Waals surface area contributed by atoms with Gasteiger partial charge in [0, 0.05) is 25.8 Å². The maximum atomic E-state index is 11.8. The summed E-state index contributed by atoms with van der Waals surface area (Å²) in [5.41, 5.74) is 0. The Morgan fingerprint density at radius 1 is 1.67 bits per heavy atom. The van der Waals surface area contributed by atoms with Crippen LogP contribution in [0.3, 0.4) is 0 Å². The van der Waals surface area contributed by atoms with Crippen LogP contribution in [-0.2, 0) is 9.59 Å². The highest BCUT2D eigenvalue weighted by Gasteiger charge is 2.29. The Morgan fingerprint density at radius 2 is 2.33 bits per heavy atom. The molecule has 2 N–H and O–H groups in total. The Labute approximate surface area is 94.2 Å². The number of nitrogens with one attached hydrogen (secondary N) is 1. The Balaban J connectivity index is 2.53. The van der Waals surface area contributed by atoms with E-state index in [-0.39, 0.29) is 17.6 Å². The number of β-amino-alcohol motifs (C(OH)–C–C–N with tert-alkyl or cyclic N) is 1. The summed E-state index contributed by atoms with van der Waals surface area (Å²) in [6.07, 6.45) is 0.164. The lowest BCUT2D eigenvalue weighted by Crippen LogP contribution is -2.48. The molecule has 15 heavy (non-hydrogen) atoms. The summed E-state index contributed by atoms with van der Waals surface area (Å²) in [7, 11) is 0. The lowest BCUT2D eigenvalue weighted by molar-refractivity contribution is -0.134. The number of hydrogen-bond donors (Lipinski definition) is 3. The van der Waals surface area contributed by atoms with Crippen LogP contribution in [0.4, 0.5) is 0 Å². The number of thiol groups is 1. The second kappa shape index (κ2) is 5.37. The van der Waals surface area contributed by atoms with Gasteiger partial charge in [-0.15, -0.1) is 0 Å². The van der Waals surface area contributed by atoms with Crippen molar-refractivity contribution in [2.45, 2.75) is 25.5 Å². The topological polar surface area (TPSA) is 69.6 Å². The number of carbonyl (C=O) groups is 2. The number of carbonyl (C=O) groups excluding carboxylic acids is 2. The van der Waals surface area contributed by atoms with Crippen molar-refractivity contribution in [3.05, 3.63) is 0 Å². The summed E-state index contributed by atoms with van der Waals surface area (Å²) < 4.78 is 0. The van der Waals surface area contributed by atoms with Crippen molar-refractivity contribution in [3.63, 3.8) is 0 Å². The number of rotatable bonds is 3. The Bertz CT molecular complexity index is 260. The first-order chi connectivity index (χ1) is 7.04. The Morgan fingerprint density at radius 3 is 2.73 bits per heavy atom. The molecule has 2 amide bonds. The summed E-state index contributed by atoms with van der Waals surface area (Å²) in [4.78, 5) is 24.2. The molecule has 0 bridgehead atoms. The molecular formula is C9H16N2O3S. The molecule has 1 saturated heterocycles. The molecule has 0 saturated carbocycles. The van der Waals surface area contributed by atoms with Crippen LogP contribution < -0.4 is 5.32 Å². The smallest absolute Gasteiger partial charge is 0.246 e. The van der Waals surface area contributed by atoms with Gasteiger partial charge in [-0.25, -0.2) is 0 Å². The molecule has 0 aromatic heterocycles. The van der Waals surface area contributed by atoms with Crippen LogP contribution in [-0.4, -0.2) is 52.8 Å². The molecule has 5 nitrogen and oxygen atoms in total. The van der Waals surface area contributed by atoms with E-state index in [0.717, 1.165) is 0 Å². The zero-order valence-electron chi connectivity index (χ0n) is 8.64. The first-order valence-electron chi connectivity index (χ1n) is 4.89. The number of amides is 2. The highest BCUT2D eigenvalue weighted by atomic mass is 32.1. The average molecular weight is 232 g/mol. The third-order valence-corrected chi connectivity index (χ3v) is 2.70. The molecule has 2 unspecified atom stereocenters. The van der Waals surface area contributed by atoms with E-state index in [1.807, 2.05) is 0 Å². The van der Waals surface area contributed by atoms with Gasteiger partial charge in [0.05, 0.1) is 6.10 Å². The van der Waals surface area contributed by atoms with Crippen molar-refractivity contribution < 1.29 is 14.7 Å². The number of likely N-dealkylation sites (tertiary alicyclic amines) is 1. The molecule has 6 heteroatoms. The molecule has 0 spiro atoms. The number of hydrogen-bond acceptors (Lipinski definition) is 4. The molecule has 0 aromatic carbocycles. The van der Waals surface area contributed by atoms with Crippen LogP contribution in [0.15, 0.2) is 0 Å². The lowest BCUT2D eigenvalue weighted by Gasteiger charge is -2.22. The fraction of sp³-hybridized carbons (Fsp3) is 0.778. The van der Waals surface area contributed by atoms with E-state index in [1.165, 1.54) is 6.92 Å². The first-order valence-corrected chi connectivity index (χ1v) is 5.52. The van der Waals surface area contributed by atoms with Gasteiger partial charge in [-0.05, 0) is 6.42 Å². The highest BCUT2D eigenvalue weighted by Crippen LogP contribution is 2.10. The Kier molecular flexibility index (Phi) is 4.41. The van der Waals surface area contributed by atoms with Gasteiger partial charge in [0.1, 0.15) is 6.04 Å². The van der Waals surface area contributed by atoms with E-state index >= 15 is 0 Å². The van der Waals surface area contributed by atoms with Gasteiger partial charge in [-0.3, -0.25) is 9.59 Å².